The molecule has 8 heteroatoms. The largest absolute Gasteiger partial charge is 0.492 e. The summed E-state index contributed by atoms with van der Waals surface area (Å²) in [5.41, 5.74) is 2.94. The topological polar surface area (TPSA) is 104 Å². The Morgan fingerprint density at radius 2 is 1.47 bits per heavy atom. The van der Waals surface area contributed by atoms with Gasteiger partial charge in [-0.2, -0.15) is 0 Å². The predicted octanol–water partition coefficient (Wildman–Crippen LogP) is 4.06. The van der Waals surface area contributed by atoms with E-state index in [-0.39, 0.29) is 6.61 Å². The first-order valence-electron chi connectivity index (χ1n) is 10.7. The molecule has 0 saturated carbocycles. The van der Waals surface area contributed by atoms with Gasteiger partial charge in [-0.05, 0) is 55.5 Å². The molecule has 0 radical (unpaired) electrons. The minimum atomic E-state index is -0.604. The molecule has 34 heavy (non-hydrogen) atoms. The van der Waals surface area contributed by atoms with Crippen LogP contribution in [0.5, 0.6) is 5.75 Å². The molecule has 8 nitrogen and oxygen atoms in total. The summed E-state index contributed by atoms with van der Waals surface area (Å²) in [6.07, 6.45) is 0. The van der Waals surface area contributed by atoms with E-state index in [1.165, 1.54) is 0 Å². The van der Waals surface area contributed by atoms with Crippen molar-refractivity contribution in [3.8, 4) is 28.7 Å². The molecule has 0 spiro atoms. The number of aryl methyl sites for hydroxylation is 1. The van der Waals surface area contributed by atoms with E-state index in [4.69, 9.17) is 13.9 Å². The molecule has 0 atom stereocenters. The fourth-order valence-electron chi connectivity index (χ4n) is 3.04. The lowest BCUT2D eigenvalue weighted by Crippen LogP contribution is -2.32. The van der Waals surface area contributed by atoms with Crippen LogP contribution in [0.2, 0.25) is 0 Å². The van der Waals surface area contributed by atoms with Gasteiger partial charge in [-0.25, -0.2) is 4.79 Å². The maximum atomic E-state index is 12.3. The number of aromatic nitrogens is 2. The van der Waals surface area contributed by atoms with Crippen molar-refractivity contribution < 1.29 is 23.5 Å². The van der Waals surface area contributed by atoms with Crippen LogP contribution in [-0.2, 0) is 9.53 Å². The van der Waals surface area contributed by atoms with Crippen molar-refractivity contribution in [2.24, 2.45) is 0 Å². The smallest absolute Gasteiger partial charge is 0.338 e. The number of para-hydroxylation sites is 1. The Kier molecular flexibility index (Phi) is 7.29. The second-order valence-electron chi connectivity index (χ2n) is 7.44. The fraction of sp³-hybridized carbons (Fsp3) is 0.154. The van der Waals surface area contributed by atoms with Gasteiger partial charge < -0.3 is 19.2 Å². The van der Waals surface area contributed by atoms with Crippen LogP contribution in [0.3, 0.4) is 0 Å². The first-order chi connectivity index (χ1) is 16.6. The molecule has 0 aliphatic rings. The molecule has 3 aromatic carbocycles. The van der Waals surface area contributed by atoms with Crippen LogP contribution in [0.25, 0.3) is 22.9 Å². The number of ether oxygens (including phenoxy) is 2. The summed E-state index contributed by atoms with van der Waals surface area (Å²) >= 11 is 0. The number of esters is 1. The van der Waals surface area contributed by atoms with Crippen molar-refractivity contribution in [3.05, 3.63) is 90.0 Å². The number of hydrogen-bond donors (Lipinski definition) is 1. The lowest BCUT2D eigenvalue weighted by atomic mass is 10.1. The summed E-state index contributed by atoms with van der Waals surface area (Å²) in [5.74, 6) is 0.467. The number of hydrogen-bond acceptors (Lipinski definition) is 7. The van der Waals surface area contributed by atoms with E-state index < -0.39 is 11.9 Å². The van der Waals surface area contributed by atoms with Gasteiger partial charge in [0, 0.05) is 11.1 Å². The molecule has 1 amide bonds. The van der Waals surface area contributed by atoms with Gasteiger partial charge in [0.25, 0.3) is 5.91 Å². The van der Waals surface area contributed by atoms with E-state index in [9.17, 15) is 9.59 Å². The number of nitrogens with zero attached hydrogens (tertiary/aromatic N) is 2. The van der Waals surface area contributed by atoms with Crippen LogP contribution in [0, 0.1) is 6.92 Å². The van der Waals surface area contributed by atoms with Gasteiger partial charge >= 0.3 is 5.97 Å². The Bertz CT molecular complexity index is 1240. The molecule has 172 valence electrons. The average molecular weight is 457 g/mol. The van der Waals surface area contributed by atoms with Crippen molar-refractivity contribution in [2.75, 3.05) is 19.8 Å². The lowest BCUT2D eigenvalue weighted by molar-refractivity contribution is -0.124. The summed E-state index contributed by atoms with van der Waals surface area (Å²) in [7, 11) is 0. The maximum Gasteiger partial charge on any atom is 0.338 e. The number of benzene rings is 3. The monoisotopic (exact) mass is 457 g/mol. The summed E-state index contributed by atoms with van der Waals surface area (Å²) < 4.78 is 16.3. The van der Waals surface area contributed by atoms with Crippen LogP contribution in [0.4, 0.5) is 0 Å². The molecule has 0 saturated heterocycles. The summed E-state index contributed by atoms with van der Waals surface area (Å²) in [6, 6.07) is 23.6. The van der Waals surface area contributed by atoms with Crippen molar-refractivity contribution in [2.45, 2.75) is 6.92 Å². The van der Waals surface area contributed by atoms with Crippen molar-refractivity contribution >= 4 is 11.9 Å². The SMILES string of the molecule is Cc1ccc(-c2nnc(-c3ccc(C(=O)OCC(=O)NCCOc4ccccc4)cc3)o2)cc1. The zero-order valence-electron chi connectivity index (χ0n) is 18.6. The molecule has 1 aromatic heterocycles. The Morgan fingerprint density at radius 1 is 0.853 bits per heavy atom. The number of rotatable bonds is 9. The van der Waals surface area contributed by atoms with Gasteiger partial charge in [0.05, 0.1) is 12.1 Å². The van der Waals surface area contributed by atoms with Crippen LogP contribution in [0.1, 0.15) is 15.9 Å². The molecule has 4 aromatic rings. The van der Waals surface area contributed by atoms with Crippen LogP contribution in [0.15, 0.2) is 83.3 Å². The normalized spacial score (nSPS) is 10.5. The van der Waals surface area contributed by atoms with Crippen molar-refractivity contribution in [1.29, 1.82) is 0 Å². The molecule has 4 rings (SSSR count). The molecule has 0 fully saturated rings. The number of carbonyl (C=O) groups excluding carboxylic acids is 2. The third kappa shape index (κ3) is 6.07. The van der Waals surface area contributed by atoms with E-state index >= 15 is 0 Å². The highest BCUT2D eigenvalue weighted by molar-refractivity contribution is 5.91. The first-order valence-corrected chi connectivity index (χ1v) is 10.7. The van der Waals surface area contributed by atoms with E-state index in [0.717, 1.165) is 16.9 Å². The third-order valence-corrected chi connectivity index (χ3v) is 4.86. The van der Waals surface area contributed by atoms with Crippen LogP contribution in [-0.4, -0.2) is 41.8 Å². The third-order valence-electron chi connectivity index (χ3n) is 4.86. The van der Waals surface area contributed by atoms with Gasteiger partial charge in [0.1, 0.15) is 12.4 Å². The second kappa shape index (κ2) is 10.9. The molecule has 0 aliphatic carbocycles. The summed E-state index contributed by atoms with van der Waals surface area (Å²) in [6.45, 7) is 2.24. The van der Waals surface area contributed by atoms with Crippen LogP contribution < -0.4 is 10.1 Å². The molecular weight excluding hydrogens is 434 g/mol. The molecule has 1 heterocycles. The van der Waals surface area contributed by atoms with Crippen molar-refractivity contribution in [1.82, 2.24) is 15.5 Å². The zero-order valence-corrected chi connectivity index (χ0v) is 18.6. The second-order valence-corrected chi connectivity index (χ2v) is 7.44. The minimum Gasteiger partial charge on any atom is -0.492 e. The maximum absolute atomic E-state index is 12.3. The quantitative estimate of drug-likeness (QED) is 0.299. The highest BCUT2D eigenvalue weighted by atomic mass is 16.5. The fourth-order valence-corrected chi connectivity index (χ4v) is 3.04. The molecular formula is C26H23N3O5. The molecule has 0 aliphatic heterocycles. The summed E-state index contributed by atoms with van der Waals surface area (Å²) in [5, 5.41) is 10.8. The molecule has 0 bridgehead atoms. The predicted molar refractivity (Wildman–Crippen MR) is 125 cm³/mol. The molecule has 0 unspecified atom stereocenters. The number of amides is 1. The van der Waals surface area contributed by atoms with E-state index in [1.54, 1.807) is 24.3 Å². The standard InChI is InChI=1S/C26H23N3O5/c1-18-7-9-19(10-8-18)24-28-29-25(34-24)20-11-13-21(14-12-20)26(31)33-17-23(30)27-15-16-32-22-5-3-2-4-6-22/h2-14H,15-17H2,1H3,(H,27,30). The summed E-state index contributed by atoms with van der Waals surface area (Å²) in [4.78, 5) is 24.1. The first kappa shape index (κ1) is 22.7. The van der Waals surface area contributed by atoms with Crippen molar-refractivity contribution in [3.63, 3.8) is 0 Å². The Balaban J connectivity index is 1.24. The minimum absolute atomic E-state index is 0.300. The van der Waals surface area contributed by atoms with E-state index in [0.29, 0.717) is 36.1 Å². The Morgan fingerprint density at radius 3 is 2.12 bits per heavy atom. The van der Waals surface area contributed by atoms with Crippen LogP contribution >= 0.6 is 0 Å². The van der Waals surface area contributed by atoms with Gasteiger partial charge in [-0.1, -0.05) is 35.9 Å². The van der Waals surface area contributed by atoms with E-state index in [1.807, 2.05) is 61.5 Å². The van der Waals surface area contributed by atoms with Gasteiger partial charge in [0.2, 0.25) is 11.8 Å². The highest BCUT2D eigenvalue weighted by Crippen LogP contribution is 2.24. The zero-order chi connectivity index (χ0) is 23.8. The highest BCUT2D eigenvalue weighted by Gasteiger charge is 2.13. The van der Waals surface area contributed by atoms with E-state index in [2.05, 4.69) is 15.5 Å². The van der Waals surface area contributed by atoms with Gasteiger partial charge in [-0.15, -0.1) is 10.2 Å². The van der Waals surface area contributed by atoms with Gasteiger partial charge in [-0.3, -0.25) is 4.79 Å². The Labute approximate surface area is 196 Å². The number of nitrogens with one attached hydrogen (secondary N) is 1. The Hall–Kier alpha value is -4.46. The lowest BCUT2D eigenvalue weighted by Gasteiger charge is -2.08. The average Bonchev–Trinajstić information content (AvgIpc) is 3.37. The van der Waals surface area contributed by atoms with Gasteiger partial charge in [0.15, 0.2) is 6.61 Å². The molecule has 1 N–H and O–H groups in total. The number of carbonyl (C=O) groups is 2.